The highest BCUT2D eigenvalue weighted by molar-refractivity contribution is 7.98. The molecule has 4 nitrogen and oxygen atoms in total. The van der Waals surface area contributed by atoms with E-state index in [2.05, 4.69) is 0 Å². The van der Waals surface area contributed by atoms with Crippen LogP contribution in [0.3, 0.4) is 0 Å². The average molecular weight is 314 g/mol. The van der Waals surface area contributed by atoms with Crippen molar-refractivity contribution >= 4 is 35.0 Å². The molecule has 2 rings (SSSR count). The summed E-state index contributed by atoms with van der Waals surface area (Å²) in [5, 5.41) is 8.97. The van der Waals surface area contributed by atoms with Gasteiger partial charge in [-0.1, -0.05) is 0 Å². The lowest BCUT2D eigenvalue weighted by molar-refractivity contribution is -0.141. The Bertz CT molecular complexity index is 517. The zero-order chi connectivity index (χ0) is 14.8. The van der Waals surface area contributed by atoms with Gasteiger partial charge in [-0.25, -0.2) is 4.79 Å². The van der Waals surface area contributed by atoms with Gasteiger partial charge in [-0.05, 0) is 42.6 Å². The van der Waals surface area contributed by atoms with Crippen LogP contribution in [0.2, 0.25) is 0 Å². The number of esters is 1. The fraction of sp³-hybridized carbons (Fsp3) is 0.571. The number of aryl methyl sites for hydroxylation is 1. The van der Waals surface area contributed by atoms with Gasteiger partial charge in [-0.2, -0.15) is 11.8 Å². The summed E-state index contributed by atoms with van der Waals surface area (Å²) in [7, 11) is 1.42. The van der Waals surface area contributed by atoms with Crippen LogP contribution in [0.25, 0.3) is 0 Å². The summed E-state index contributed by atoms with van der Waals surface area (Å²) in [6, 6.07) is 1.76. The van der Waals surface area contributed by atoms with Crippen LogP contribution in [0, 0.1) is 12.3 Å². The molecule has 0 aromatic carbocycles. The number of thiophene rings is 1. The van der Waals surface area contributed by atoms with Crippen molar-refractivity contribution in [1.29, 1.82) is 0 Å². The zero-order valence-corrected chi connectivity index (χ0v) is 13.2. The molecule has 1 aromatic rings. The Morgan fingerprint density at radius 1 is 1.50 bits per heavy atom. The maximum absolute atomic E-state index is 11.3. The van der Waals surface area contributed by atoms with Crippen LogP contribution in [0.4, 0.5) is 0 Å². The molecule has 1 fully saturated rings. The quantitative estimate of drug-likeness (QED) is 0.782. The van der Waals surface area contributed by atoms with E-state index in [-0.39, 0.29) is 11.4 Å². The van der Waals surface area contributed by atoms with Crippen molar-refractivity contribution in [2.24, 2.45) is 5.41 Å². The molecule has 1 N–H and O–H groups in total. The lowest BCUT2D eigenvalue weighted by Crippen LogP contribution is -2.13. The molecule has 0 spiro atoms. The van der Waals surface area contributed by atoms with Crippen molar-refractivity contribution in [3.63, 3.8) is 0 Å². The SMILES string of the molecule is COC(=O)CC1(CSCc2cc(C(=O)O)sc2C)CC1. The maximum Gasteiger partial charge on any atom is 0.345 e. The van der Waals surface area contributed by atoms with Gasteiger partial charge in [-0.3, -0.25) is 4.79 Å². The Morgan fingerprint density at radius 2 is 2.20 bits per heavy atom. The summed E-state index contributed by atoms with van der Waals surface area (Å²) < 4.78 is 4.73. The third kappa shape index (κ3) is 3.76. The number of carboxylic acid groups (broad SMARTS) is 1. The summed E-state index contributed by atoms with van der Waals surface area (Å²) in [6.07, 6.45) is 2.66. The number of carbonyl (C=O) groups is 2. The molecule has 1 aliphatic carbocycles. The van der Waals surface area contributed by atoms with Gasteiger partial charge in [0.15, 0.2) is 0 Å². The second kappa shape index (κ2) is 6.18. The lowest BCUT2D eigenvalue weighted by Gasteiger charge is -2.12. The van der Waals surface area contributed by atoms with E-state index in [0.717, 1.165) is 34.8 Å². The highest BCUT2D eigenvalue weighted by atomic mass is 32.2. The van der Waals surface area contributed by atoms with Crippen LogP contribution in [0.15, 0.2) is 6.07 Å². The van der Waals surface area contributed by atoms with E-state index in [0.29, 0.717) is 11.3 Å². The molecule has 0 atom stereocenters. The summed E-state index contributed by atoms with van der Waals surface area (Å²) in [5.74, 6) is 0.736. The summed E-state index contributed by atoms with van der Waals surface area (Å²) >= 11 is 3.10. The molecule has 0 saturated heterocycles. The highest BCUT2D eigenvalue weighted by Crippen LogP contribution is 2.51. The smallest absolute Gasteiger partial charge is 0.345 e. The van der Waals surface area contributed by atoms with Crippen LogP contribution in [-0.2, 0) is 15.3 Å². The van der Waals surface area contributed by atoms with E-state index in [1.54, 1.807) is 17.8 Å². The largest absolute Gasteiger partial charge is 0.477 e. The number of hydrogen-bond donors (Lipinski definition) is 1. The number of aromatic carboxylic acids is 1. The molecule has 6 heteroatoms. The molecular weight excluding hydrogens is 296 g/mol. The Kier molecular flexibility index (Phi) is 4.75. The molecule has 0 radical (unpaired) electrons. The number of carbonyl (C=O) groups excluding carboxylic acids is 1. The van der Waals surface area contributed by atoms with Gasteiger partial charge in [-0.15, -0.1) is 11.3 Å². The first-order valence-electron chi connectivity index (χ1n) is 6.43. The van der Waals surface area contributed by atoms with Gasteiger partial charge in [0.2, 0.25) is 0 Å². The minimum atomic E-state index is -0.862. The highest BCUT2D eigenvalue weighted by Gasteiger charge is 2.44. The fourth-order valence-electron chi connectivity index (χ4n) is 2.07. The number of hydrogen-bond acceptors (Lipinski definition) is 5. The van der Waals surface area contributed by atoms with Crippen LogP contribution < -0.4 is 0 Å². The standard InChI is InChI=1S/C14H18O4S2/c1-9-10(5-11(20-9)13(16)17)7-19-8-14(3-4-14)6-12(15)18-2/h5H,3-4,6-8H2,1-2H3,(H,16,17). The first-order valence-corrected chi connectivity index (χ1v) is 8.40. The Hall–Kier alpha value is -1.01. The number of ether oxygens (including phenoxy) is 1. The minimum absolute atomic E-state index is 0.122. The Morgan fingerprint density at radius 3 is 2.70 bits per heavy atom. The van der Waals surface area contributed by atoms with Crippen molar-refractivity contribution < 1.29 is 19.4 Å². The molecule has 110 valence electrons. The predicted molar refractivity (Wildman–Crippen MR) is 80.5 cm³/mol. The van der Waals surface area contributed by atoms with E-state index < -0.39 is 5.97 Å². The molecule has 0 amide bonds. The topological polar surface area (TPSA) is 63.6 Å². The third-order valence-electron chi connectivity index (χ3n) is 3.60. The number of methoxy groups -OCH3 is 1. The van der Waals surface area contributed by atoms with Crippen molar-refractivity contribution in [2.75, 3.05) is 12.9 Å². The van der Waals surface area contributed by atoms with E-state index in [1.807, 2.05) is 6.92 Å². The molecule has 20 heavy (non-hydrogen) atoms. The predicted octanol–water partition coefficient (Wildman–Crippen LogP) is 3.33. The first-order chi connectivity index (χ1) is 9.46. The van der Waals surface area contributed by atoms with Crippen LogP contribution in [-0.4, -0.2) is 29.9 Å². The van der Waals surface area contributed by atoms with Crippen LogP contribution >= 0.6 is 23.1 Å². The molecule has 1 aliphatic rings. The van der Waals surface area contributed by atoms with Crippen molar-refractivity contribution in [3.8, 4) is 0 Å². The number of rotatable bonds is 7. The van der Waals surface area contributed by atoms with Gasteiger partial charge >= 0.3 is 11.9 Å². The van der Waals surface area contributed by atoms with Gasteiger partial charge in [0.25, 0.3) is 0 Å². The van der Waals surface area contributed by atoms with Gasteiger partial charge in [0.05, 0.1) is 13.5 Å². The zero-order valence-electron chi connectivity index (χ0n) is 11.6. The van der Waals surface area contributed by atoms with Gasteiger partial charge < -0.3 is 9.84 Å². The van der Waals surface area contributed by atoms with E-state index >= 15 is 0 Å². The van der Waals surface area contributed by atoms with Gasteiger partial charge in [0.1, 0.15) is 4.88 Å². The molecule has 1 saturated carbocycles. The molecular formula is C14H18O4S2. The third-order valence-corrected chi connectivity index (χ3v) is 6.01. The van der Waals surface area contributed by atoms with E-state index in [9.17, 15) is 9.59 Å². The van der Waals surface area contributed by atoms with E-state index in [4.69, 9.17) is 9.84 Å². The van der Waals surface area contributed by atoms with Crippen LogP contribution in [0.5, 0.6) is 0 Å². The van der Waals surface area contributed by atoms with Gasteiger partial charge in [0, 0.05) is 10.6 Å². The second-order valence-electron chi connectivity index (χ2n) is 5.24. The molecule has 0 bridgehead atoms. The number of thioether (sulfide) groups is 1. The lowest BCUT2D eigenvalue weighted by atomic mass is 10.1. The van der Waals surface area contributed by atoms with E-state index in [1.165, 1.54) is 18.4 Å². The summed E-state index contributed by atoms with van der Waals surface area (Å²) in [4.78, 5) is 23.7. The monoisotopic (exact) mass is 314 g/mol. The van der Waals surface area contributed by atoms with Crippen molar-refractivity contribution in [1.82, 2.24) is 0 Å². The first kappa shape index (κ1) is 15.4. The van der Waals surface area contributed by atoms with Crippen molar-refractivity contribution in [3.05, 3.63) is 21.4 Å². The Balaban J connectivity index is 1.84. The molecule has 0 aliphatic heterocycles. The second-order valence-corrected chi connectivity index (χ2v) is 7.48. The normalized spacial score (nSPS) is 15.9. The fourth-order valence-corrected chi connectivity index (χ4v) is 4.49. The number of carboxylic acids is 1. The van der Waals surface area contributed by atoms with Crippen LogP contribution in [0.1, 0.15) is 39.4 Å². The molecule has 0 unspecified atom stereocenters. The molecule has 1 aromatic heterocycles. The molecule has 1 heterocycles. The Labute approximate surface area is 126 Å². The maximum atomic E-state index is 11.3. The summed E-state index contributed by atoms with van der Waals surface area (Å²) in [5.41, 5.74) is 1.21. The summed E-state index contributed by atoms with van der Waals surface area (Å²) in [6.45, 7) is 1.95. The van der Waals surface area contributed by atoms with Crippen molar-refractivity contribution in [2.45, 2.75) is 31.9 Å². The average Bonchev–Trinajstić information content (AvgIpc) is 3.05. The minimum Gasteiger partial charge on any atom is -0.477 e.